The van der Waals surface area contributed by atoms with Gasteiger partial charge >= 0.3 is 0 Å². The molecule has 3 unspecified atom stereocenters. The van der Waals surface area contributed by atoms with E-state index in [1.807, 2.05) is 30.3 Å². The van der Waals surface area contributed by atoms with Crippen molar-refractivity contribution in [3.63, 3.8) is 0 Å². The van der Waals surface area contributed by atoms with Crippen LogP contribution in [-0.2, 0) is 14.4 Å². The summed E-state index contributed by atoms with van der Waals surface area (Å²) in [5.74, 6) is -2.06. The normalized spacial score (nSPS) is 28.7. The number of aliphatic hydroxyl groups is 1. The molecule has 0 aromatic heterocycles. The molecule has 3 fully saturated rings. The van der Waals surface area contributed by atoms with Gasteiger partial charge in [0.05, 0.1) is 29.2 Å². The van der Waals surface area contributed by atoms with Gasteiger partial charge in [0, 0.05) is 39.6 Å². The van der Waals surface area contributed by atoms with Gasteiger partial charge in [-0.15, -0.1) is 24.9 Å². The zero-order chi connectivity index (χ0) is 29.5. The SMILES string of the molecule is C=CCN(C(=O)C1N([C@H](C)CO)C(=O)[C@@H]2[C@H](C(=O)N(CC=C)c3ccccc3)[C@H]3SC12CC3Br)c1ccc(Cl)cc1. The molecule has 3 amide bonds. The lowest BCUT2D eigenvalue weighted by atomic mass is 9.70. The van der Waals surface area contributed by atoms with Gasteiger partial charge in [0.2, 0.25) is 11.8 Å². The Morgan fingerprint density at radius 1 is 1.10 bits per heavy atom. The molecule has 1 N–H and O–H groups in total. The summed E-state index contributed by atoms with van der Waals surface area (Å²) in [5.41, 5.74) is 1.36. The summed E-state index contributed by atoms with van der Waals surface area (Å²) in [4.78, 5) is 48.1. The van der Waals surface area contributed by atoms with Crippen molar-refractivity contribution in [1.82, 2.24) is 4.90 Å². The first-order valence-electron chi connectivity index (χ1n) is 13.6. The van der Waals surface area contributed by atoms with Crippen LogP contribution in [0.3, 0.4) is 0 Å². The maximum Gasteiger partial charge on any atom is 0.251 e. The Labute approximate surface area is 258 Å². The van der Waals surface area contributed by atoms with Crippen molar-refractivity contribution in [1.29, 1.82) is 0 Å². The lowest BCUT2D eigenvalue weighted by Crippen LogP contribution is -2.57. The second kappa shape index (κ2) is 12.0. The van der Waals surface area contributed by atoms with Crippen LogP contribution in [0.2, 0.25) is 5.02 Å². The largest absolute Gasteiger partial charge is 0.394 e. The van der Waals surface area contributed by atoms with Crippen molar-refractivity contribution in [2.75, 3.05) is 29.5 Å². The number of carbonyl (C=O) groups excluding carboxylic acids is 3. The molecule has 7 atom stereocenters. The molecule has 216 valence electrons. The number of amides is 3. The number of halogens is 2. The van der Waals surface area contributed by atoms with E-state index in [4.69, 9.17) is 11.6 Å². The summed E-state index contributed by atoms with van der Waals surface area (Å²) in [5, 5.41) is 10.6. The van der Waals surface area contributed by atoms with Crippen molar-refractivity contribution < 1.29 is 19.5 Å². The highest BCUT2D eigenvalue weighted by Crippen LogP contribution is 2.68. The van der Waals surface area contributed by atoms with Gasteiger partial charge in [0.25, 0.3) is 5.91 Å². The number of hydrogen-bond acceptors (Lipinski definition) is 5. The Balaban J connectivity index is 1.60. The number of thioether (sulfide) groups is 1. The maximum atomic E-state index is 14.6. The van der Waals surface area contributed by atoms with E-state index in [1.165, 1.54) is 4.90 Å². The number of anilines is 2. The average Bonchev–Trinajstić information content (AvgIpc) is 3.57. The second-order valence-corrected chi connectivity index (χ2v) is 13.9. The predicted molar refractivity (Wildman–Crippen MR) is 169 cm³/mol. The number of para-hydroxylation sites is 1. The molecule has 3 aliphatic rings. The molecule has 2 aromatic rings. The van der Waals surface area contributed by atoms with Gasteiger partial charge in [0.1, 0.15) is 6.04 Å². The fourth-order valence-electron chi connectivity index (χ4n) is 6.65. The van der Waals surface area contributed by atoms with E-state index in [-0.39, 0.29) is 41.0 Å². The first-order valence-corrected chi connectivity index (χ1v) is 15.8. The third-order valence-electron chi connectivity index (χ3n) is 8.35. The monoisotopic (exact) mass is 657 g/mol. The lowest BCUT2D eigenvalue weighted by molar-refractivity contribution is -0.141. The van der Waals surface area contributed by atoms with Crippen molar-refractivity contribution >= 4 is 68.4 Å². The van der Waals surface area contributed by atoms with Crippen molar-refractivity contribution in [2.45, 2.75) is 40.3 Å². The number of alkyl halides is 1. The van der Waals surface area contributed by atoms with Crippen LogP contribution >= 0.6 is 39.3 Å². The summed E-state index contributed by atoms with van der Waals surface area (Å²) in [6, 6.07) is 14.8. The minimum absolute atomic E-state index is 0.0741. The van der Waals surface area contributed by atoms with Crippen molar-refractivity contribution in [2.24, 2.45) is 11.8 Å². The third-order valence-corrected chi connectivity index (χ3v) is 11.8. The van der Waals surface area contributed by atoms with Gasteiger partial charge in [0.15, 0.2) is 0 Å². The number of rotatable bonds is 10. The summed E-state index contributed by atoms with van der Waals surface area (Å²) in [6.45, 7) is 9.65. The van der Waals surface area contributed by atoms with E-state index in [0.717, 1.165) is 5.69 Å². The summed E-state index contributed by atoms with van der Waals surface area (Å²) in [7, 11) is 0. The number of nitrogens with zero attached hydrogens (tertiary/aromatic N) is 3. The predicted octanol–water partition coefficient (Wildman–Crippen LogP) is 4.92. The van der Waals surface area contributed by atoms with Crippen LogP contribution in [0.15, 0.2) is 79.9 Å². The highest BCUT2D eigenvalue weighted by atomic mass is 79.9. The van der Waals surface area contributed by atoms with Crippen LogP contribution < -0.4 is 9.80 Å². The smallest absolute Gasteiger partial charge is 0.251 e. The number of hydrogen-bond donors (Lipinski definition) is 1. The Hall–Kier alpha value is -2.59. The van der Waals surface area contributed by atoms with Crippen LogP contribution in [0.25, 0.3) is 0 Å². The zero-order valence-corrected chi connectivity index (χ0v) is 25.9. The van der Waals surface area contributed by atoms with Gasteiger partial charge in [-0.05, 0) is 49.7 Å². The number of benzene rings is 2. The third kappa shape index (κ3) is 4.94. The average molecular weight is 659 g/mol. The molecule has 3 aliphatic heterocycles. The number of fused-ring (bicyclic) bond motifs is 1. The van der Waals surface area contributed by atoms with Crippen LogP contribution in [0, 0.1) is 11.8 Å². The van der Waals surface area contributed by atoms with Crippen LogP contribution in [-0.4, -0.2) is 74.3 Å². The van der Waals surface area contributed by atoms with Gasteiger partial charge in [-0.2, -0.15) is 0 Å². The number of likely N-dealkylation sites (tertiary alicyclic amines) is 1. The second-order valence-electron chi connectivity index (χ2n) is 10.7. The van der Waals surface area contributed by atoms with E-state index in [1.54, 1.807) is 64.9 Å². The van der Waals surface area contributed by atoms with Crippen LogP contribution in [0.1, 0.15) is 13.3 Å². The molecule has 2 bridgehead atoms. The molecule has 7 nitrogen and oxygen atoms in total. The fourth-order valence-corrected chi connectivity index (χ4v) is 10.4. The first-order chi connectivity index (χ1) is 19.7. The summed E-state index contributed by atoms with van der Waals surface area (Å²) < 4.78 is -0.848. The quantitative estimate of drug-likeness (QED) is 0.290. The Kier molecular flexibility index (Phi) is 8.71. The highest BCUT2D eigenvalue weighted by Gasteiger charge is 2.76. The van der Waals surface area contributed by atoms with Gasteiger partial charge in [-0.3, -0.25) is 14.4 Å². The summed E-state index contributed by atoms with van der Waals surface area (Å²) >= 11 is 11.5. The molecule has 0 aliphatic carbocycles. The van der Waals surface area contributed by atoms with E-state index in [2.05, 4.69) is 29.1 Å². The molecular weight excluding hydrogens is 626 g/mol. The Morgan fingerprint density at radius 3 is 2.27 bits per heavy atom. The standard InChI is InChI=1S/C31H33BrClN3O4S/c1-4-15-34(21-9-7-6-8-10-21)28(38)24-25-29(39)36(19(3)18-37)27(31(25)17-23(32)26(24)41-31)30(40)35(16-5-2)22-13-11-20(33)12-14-22/h4-14,19,23-27,37H,1-2,15-18H2,3H3/t19-,23?,24+,25+,26+,27?,31?/m1/s1. The summed E-state index contributed by atoms with van der Waals surface area (Å²) in [6.07, 6.45) is 3.86. The van der Waals surface area contributed by atoms with Gasteiger partial charge < -0.3 is 19.8 Å². The van der Waals surface area contributed by atoms with E-state index < -0.39 is 28.7 Å². The fraction of sp³-hybridized carbons (Fsp3) is 0.387. The molecule has 1 spiro atoms. The minimum Gasteiger partial charge on any atom is -0.394 e. The number of aliphatic hydroxyl groups excluding tert-OH is 1. The van der Waals surface area contributed by atoms with Crippen LogP contribution in [0.5, 0.6) is 0 Å². The van der Waals surface area contributed by atoms with Crippen LogP contribution in [0.4, 0.5) is 11.4 Å². The molecule has 2 aromatic carbocycles. The van der Waals surface area contributed by atoms with E-state index in [0.29, 0.717) is 23.7 Å². The first kappa shape index (κ1) is 29.9. The Morgan fingerprint density at radius 2 is 1.68 bits per heavy atom. The number of carbonyl (C=O) groups is 3. The molecule has 0 saturated carbocycles. The lowest BCUT2D eigenvalue weighted by Gasteiger charge is -2.39. The molecule has 0 radical (unpaired) electrons. The molecule has 5 rings (SSSR count). The van der Waals surface area contributed by atoms with Gasteiger partial charge in [-0.25, -0.2) is 0 Å². The topological polar surface area (TPSA) is 81.2 Å². The van der Waals surface area contributed by atoms with E-state index >= 15 is 0 Å². The molecule has 10 heteroatoms. The van der Waals surface area contributed by atoms with Gasteiger partial charge in [-0.1, -0.05) is 57.9 Å². The van der Waals surface area contributed by atoms with Crippen molar-refractivity contribution in [3.05, 3.63) is 84.9 Å². The Bertz CT molecular complexity index is 1340. The molecule has 3 saturated heterocycles. The molecule has 3 heterocycles. The maximum absolute atomic E-state index is 14.6. The van der Waals surface area contributed by atoms with E-state index in [9.17, 15) is 19.5 Å². The minimum atomic E-state index is -0.879. The molecule has 41 heavy (non-hydrogen) atoms. The van der Waals surface area contributed by atoms with Crippen molar-refractivity contribution in [3.8, 4) is 0 Å². The zero-order valence-electron chi connectivity index (χ0n) is 22.7. The highest BCUT2D eigenvalue weighted by molar-refractivity contribution is 9.09. The molecular formula is C31H33BrClN3O4S.